The van der Waals surface area contributed by atoms with Crippen molar-refractivity contribution in [2.45, 2.75) is 38.8 Å². The van der Waals surface area contributed by atoms with Crippen molar-refractivity contribution in [2.75, 3.05) is 20.1 Å². The number of amides is 2. The zero-order chi connectivity index (χ0) is 13.2. The third kappa shape index (κ3) is 3.80. The minimum Gasteiger partial charge on any atom is -0.465 e. The Balaban J connectivity index is 2.50. The smallest absolute Gasteiger partial charge is 0.410 e. The molecule has 17 heavy (non-hydrogen) atoms. The summed E-state index contributed by atoms with van der Waals surface area (Å²) in [6, 6.07) is -0.139. The fourth-order valence-electron chi connectivity index (χ4n) is 1.71. The lowest BCUT2D eigenvalue weighted by Gasteiger charge is -2.25. The highest BCUT2D eigenvalue weighted by Gasteiger charge is 2.33. The van der Waals surface area contributed by atoms with Crippen molar-refractivity contribution in [1.82, 2.24) is 9.80 Å². The molecular weight excluding hydrogens is 224 g/mol. The summed E-state index contributed by atoms with van der Waals surface area (Å²) in [5, 5.41) is 8.84. The van der Waals surface area contributed by atoms with Gasteiger partial charge >= 0.3 is 12.2 Å². The first kappa shape index (κ1) is 13.6. The molecule has 2 amide bonds. The summed E-state index contributed by atoms with van der Waals surface area (Å²) in [7, 11) is 1.52. The normalized spacial score (nSPS) is 20.2. The Morgan fingerprint density at radius 1 is 1.41 bits per heavy atom. The maximum Gasteiger partial charge on any atom is 0.410 e. The average molecular weight is 244 g/mol. The maximum absolute atomic E-state index is 11.7. The Bertz CT molecular complexity index is 311. The predicted octanol–water partition coefficient (Wildman–Crippen LogP) is 1.61. The first-order valence-electron chi connectivity index (χ1n) is 5.64. The SMILES string of the molecule is CN(C(=O)O)[C@H]1CCN(C(=O)OC(C)(C)C)C1. The van der Waals surface area contributed by atoms with Crippen LogP contribution in [0, 0.1) is 0 Å². The molecule has 0 bridgehead atoms. The van der Waals surface area contributed by atoms with Crippen LogP contribution in [-0.2, 0) is 4.74 Å². The van der Waals surface area contributed by atoms with Crippen LogP contribution in [0.15, 0.2) is 0 Å². The highest BCUT2D eigenvalue weighted by Crippen LogP contribution is 2.18. The van der Waals surface area contributed by atoms with E-state index in [1.165, 1.54) is 11.9 Å². The number of likely N-dealkylation sites (tertiary alicyclic amines) is 1. The van der Waals surface area contributed by atoms with Gasteiger partial charge in [-0.3, -0.25) is 0 Å². The van der Waals surface area contributed by atoms with Crippen molar-refractivity contribution in [2.24, 2.45) is 0 Å². The van der Waals surface area contributed by atoms with Gasteiger partial charge in [-0.15, -0.1) is 0 Å². The lowest BCUT2D eigenvalue weighted by atomic mass is 10.2. The monoisotopic (exact) mass is 244 g/mol. The number of hydrogen-bond donors (Lipinski definition) is 1. The van der Waals surface area contributed by atoms with Crippen LogP contribution >= 0.6 is 0 Å². The summed E-state index contributed by atoms with van der Waals surface area (Å²) >= 11 is 0. The van der Waals surface area contributed by atoms with Crippen LogP contribution in [0.4, 0.5) is 9.59 Å². The quantitative estimate of drug-likeness (QED) is 0.760. The number of hydrogen-bond acceptors (Lipinski definition) is 3. The van der Waals surface area contributed by atoms with E-state index in [1.54, 1.807) is 4.90 Å². The van der Waals surface area contributed by atoms with E-state index in [2.05, 4.69) is 0 Å². The van der Waals surface area contributed by atoms with Crippen LogP contribution in [0.3, 0.4) is 0 Å². The summed E-state index contributed by atoms with van der Waals surface area (Å²) in [5.74, 6) is 0. The number of carbonyl (C=O) groups is 2. The Morgan fingerprint density at radius 2 is 2.00 bits per heavy atom. The van der Waals surface area contributed by atoms with Gasteiger partial charge in [-0.2, -0.15) is 0 Å². The fraction of sp³-hybridized carbons (Fsp3) is 0.818. The van der Waals surface area contributed by atoms with Crippen LogP contribution in [-0.4, -0.2) is 58.9 Å². The van der Waals surface area contributed by atoms with Gasteiger partial charge in [-0.05, 0) is 27.2 Å². The second-order valence-electron chi connectivity index (χ2n) is 5.26. The van der Waals surface area contributed by atoms with E-state index in [-0.39, 0.29) is 12.1 Å². The van der Waals surface area contributed by atoms with Gasteiger partial charge in [0.1, 0.15) is 5.60 Å². The molecule has 0 aromatic heterocycles. The largest absolute Gasteiger partial charge is 0.465 e. The Hall–Kier alpha value is -1.46. The van der Waals surface area contributed by atoms with Crippen molar-refractivity contribution >= 4 is 12.2 Å². The number of rotatable bonds is 1. The molecule has 1 saturated heterocycles. The molecule has 6 heteroatoms. The summed E-state index contributed by atoms with van der Waals surface area (Å²) in [5.41, 5.74) is -0.520. The summed E-state index contributed by atoms with van der Waals surface area (Å²) in [4.78, 5) is 25.3. The van der Waals surface area contributed by atoms with Crippen molar-refractivity contribution in [1.29, 1.82) is 0 Å². The van der Waals surface area contributed by atoms with Gasteiger partial charge in [0.2, 0.25) is 0 Å². The first-order chi connectivity index (χ1) is 7.70. The number of likely N-dealkylation sites (N-methyl/N-ethyl adjacent to an activating group) is 1. The van der Waals surface area contributed by atoms with Crippen LogP contribution in [0.5, 0.6) is 0 Å². The molecule has 1 rings (SSSR count). The summed E-state index contributed by atoms with van der Waals surface area (Å²) in [6.45, 7) is 6.36. The van der Waals surface area contributed by atoms with E-state index < -0.39 is 11.7 Å². The first-order valence-corrected chi connectivity index (χ1v) is 5.64. The Kier molecular flexibility index (Phi) is 3.85. The molecule has 0 aromatic rings. The van der Waals surface area contributed by atoms with E-state index in [0.717, 1.165) is 0 Å². The van der Waals surface area contributed by atoms with Gasteiger partial charge in [0.25, 0.3) is 0 Å². The third-order valence-corrected chi connectivity index (χ3v) is 2.66. The molecule has 0 radical (unpaired) electrons. The number of ether oxygens (including phenoxy) is 1. The van der Waals surface area contributed by atoms with Gasteiger partial charge in [-0.25, -0.2) is 9.59 Å². The van der Waals surface area contributed by atoms with Gasteiger partial charge in [0.05, 0.1) is 6.04 Å². The van der Waals surface area contributed by atoms with E-state index >= 15 is 0 Å². The standard InChI is InChI=1S/C11H20N2O4/c1-11(2,3)17-10(16)13-6-5-8(7-13)12(4)9(14)15/h8H,5-7H2,1-4H3,(H,14,15)/t8-/m0/s1. The molecule has 0 aromatic carbocycles. The van der Waals surface area contributed by atoms with E-state index in [4.69, 9.17) is 9.84 Å². The number of carbonyl (C=O) groups excluding carboxylic acids is 1. The molecule has 0 saturated carbocycles. The summed E-state index contributed by atoms with van der Waals surface area (Å²) < 4.78 is 5.23. The second-order valence-corrected chi connectivity index (χ2v) is 5.26. The number of nitrogens with zero attached hydrogens (tertiary/aromatic N) is 2. The molecule has 1 aliphatic heterocycles. The lowest BCUT2D eigenvalue weighted by Crippen LogP contribution is -2.40. The van der Waals surface area contributed by atoms with Crippen molar-refractivity contribution in [3.05, 3.63) is 0 Å². The van der Waals surface area contributed by atoms with Gasteiger partial charge in [0.15, 0.2) is 0 Å². The molecule has 1 N–H and O–H groups in total. The Labute approximate surface area is 101 Å². The van der Waals surface area contributed by atoms with Crippen LogP contribution in [0.25, 0.3) is 0 Å². The molecule has 6 nitrogen and oxygen atoms in total. The lowest BCUT2D eigenvalue weighted by molar-refractivity contribution is 0.0282. The average Bonchev–Trinajstić information content (AvgIpc) is 2.62. The van der Waals surface area contributed by atoms with Crippen LogP contribution < -0.4 is 0 Å². The van der Waals surface area contributed by atoms with E-state index in [9.17, 15) is 9.59 Å². The molecule has 1 aliphatic rings. The highest BCUT2D eigenvalue weighted by molar-refractivity contribution is 5.69. The van der Waals surface area contributed by atoms with Gasteiger partial charge < -0.3 is 19.6 Å². The third-order valence-electron chi connectivity index (χ3n) is 2.66. The molecule has 0 aliphatic carbocycles. The molecule has 1 fully saturated rings. The molecule has 0 unspecified atom stereocenters. The molecule has 1 atom stereocenters. The molecule has 98 valence electrons. The van der Waals surface area contributed by atoms with Crippen LogP contribution in [0.1, 0.15) is 27.2 Å². The molecule has 0 spiro atoms. The molecular formula is C11H20N2O4. The molecule has 1 heterocycles. The highest BCUT2D eigenvalue weighted by atomic mass is 16.6. The zero-order valence-corrected chi connectivity index (χ0v) is 10.8. The topological polar surface area (TPSA) is 70.1 Å². The van der Waals surface area contributed by atoms with Crippen LogP contribution in [0.2, 0.25) is 0 Å². The van der Waals surface area contributed by atoms with Gasteiger partial charge in [0, 0.05) is 20.1 Å². The van der Waals surface area contributed by atoms with Crippen molar-refractivity contribution < 1.29 is 19.4 Å². The van der Waals surface area contributed by atoms with Crippen molar-refractivity contribution in [3.63, 3.8) is 0 Å². The maximum atomic E-state index is 11.7. The minimum absolute atomic E-state index is 0.139. The minimum atomic E-state index is -0.971. The summed E-state index contributed by atoms with van der Waals surface area (Å²) in [6.07, 6.45) is -0.693. The number of carboxylic acid groups (broad SMARTS) is 1. The zero-order valence-electron chi connectivity index (χ0n) is 10.8. The van der Waals surface area contributed by atoms with E-state index in [0.29, 0.717) is 19.5 Å². The van der Waals surface area contributed by atoms with Gasteiger partial charge in [-0.1, -0.05) is 0 Å². The van der Waals surface area contributed by atoms with Crippen molar-refractivity contribution in [3.8, 4) is 0 Å². The fourth-order valence-corrected chi connectivity index (χ4v) is 1.71. The second kappa shape index (κ2) is 4.81. The van der Waals surface area contributed by atoms with E-state index in [1.807, 2.05) is 20.8 Å². The predicted molar refractivity (Wildman–Crippen MR) is 62.0 cm³/mol. The Morgan fingerprint density at radius 3 is 2.47 bits per heavy atom.